The van der Waals surface area contributed by atoms with Crippen molar-refractivity contribution < 1.29 is 22.4 Å². The molecule has 0 atom stereocenters. The number of carbonyl (C=O) groups excluding carboxylic acids is 2. The topological polar surface area (TPSA) is 74.8 Å². The highest BCUT2D eigenvalue weighted by atomic mass is 35.5. The maximum absolute atomic E-state index is 13.4. The summed E-state index contributed by atoms with van der Waals surface area (Å²) in [6.07, 6.45) is 0.125. The maximum Gasteiger partial charge on any atom is 0.243 e. The summed E-state index contributed by atoms with van der Waals surface area (Å²) in [7, 11) is -3.81. The summed E-state index contributed by atoms with van der Waals surface area (Å²) in [5, 5.41) is 0.531. The van der Waals surface area contributed by atoms with Gasteiger partial charge >= 0.3 is 0 Å². The lowest BCUT2D eigenvalue weighted by Crippen LogP contribution is -2.50. The van der Waals surface area contributed by atoms with Crippen molar-refractivity contribution in [2.24, 2.45) is 0 Å². The molecule has 1 saturated heterocycles. The number of sulfonamides is 1. The number of Topliss-reactive ketones (excluding diaryl/α,β-unsaturated/α-hetero) is 1. The summed E-state index contributed by atoms with van der Waals surface area (Å²) in [5.74, 6) is -0.970. The van der Waals surface area contributed by atoms with Crippen molar-refractivity contribution in [1.82, 2.24) is 9.21 Å². The van der Waals surface area contributed by atoms with Gasteiger partial charge in [0.05, 0.1) is 4.90 Å². The zero-order valence-electron chi connectivity index (χ0n) is 15.6. The van der Waals surface area contributed by atoms with E-state index in [1.165, 1.54) is 22.5 Å². The zero-order chi connectivity index (χ0) is 21.0. The Kier molecular flexibility index (Phi) is 6.66. The first-order valence-corrected chi connectivity index (χ1v) is 10.9. The number of amides is 1. The zero-order valence-corrected chi connectivity index (χ0v) is 17.1. The van der Waals surface area contributed by atoms with Crippen LogP contribution in [0.2, 0.25) is 5.02 Å². The first kappa shape index (κ1) is 21.4. The number of halogens is 2. The van der Waals surface area contributed by atoms with Gasteiger partial charge in [0.25, 0.3) is 0 Å². The molecule has 0 aromatic heterocycles. The Balaban J connectivity index is 1.53. The van der Waals surface area contributed by atoms with Gasteiger partial charge in [0.2, 0.25) is 15.9 Å². The van der Waals surface area contributed by atoms with Crippen LogP contribution in [0.15, 0.2) is 53.4 Å². The van der Waals surface area contributed by atoms with Crippen LogP contribution in [-0.2, 0) is 14.8 Å². The molecule has 0 bridgehead atoms. The standard InChI is InChI=1S/C20H20ClFN2O4S/c21-16-6-4-15(5-7-16)19(25)8-9-20(26)23-10-12-24(13-11-23)29(27,28)18-3-1-2-17(22)14-18/h1-7,14H,8-13H2. The SMILES string of the molecule is O=C(CCC(=O)N1CCN(S(=O)(=O)c2cccc(F)c2)CC1)c1ccc(Cl)cc1. The number of piperazine rings is 1. The normalized spacial score (nSPS) is 15.3. The average Bonchev–Trinajstić information content (AvgIpc) is 2.72. The highest BCUT2D eigenvalue weighted by Crippen LogP contribution is 2.19. The van der Waals surface area contributed by atoms with Gasteiger partial charge in [0.1, 0.15) is 5.82 Å². The summed E-state index contributed by atoms with van der Waals surface area (Å²) >= 11 is 5.80. The van der Waals surface area contributed by atoms with E-state index in [2.05, 4.69) is 0 Å². The first-order valence-electron chi connectivity index (χ1n) is 9.09. The van der Waals surface area contributed by atoms with E-state index < -0.39 is 15.8 Å². The third-order valence-electron chi connectivity index (χ3n) is 4.76. The third-order valence-corrected chi connectivity index (χ3v) is 6.90. The average molecular weight is 439 g/mol. The highest BCUT2D eigenvalue weighted by molar-refractivity contribution is 7.89. The minimum absolute atomic E-state index is 0.0537. The van der Waals surface area contributed by atoms with E-state index in [9.17, 15) is 22.4 Å². The molecule has 0 aliphatic carbocycles. The Morgan fingerprint density at radius 2 is 1.62 bits per heavy atom. The molecule has 0 radical (unpaired) electrons. The molecule has 1 heterocycles. The van der Waals surface area contributed by atoms with Crippen LogP contribution in [0, 0.1) is 5.82 Å². The van der Waals surface area contributed by atoms with Gasteiger partial charge in [-0.1, -0.05) is 17.7 Å². The Labute approximate surface area is 173 Å². The number of ketones is 1. The van der Waals surface area contributed by atoms with Gasteiger partial charge in [0, 0.05) is 49.6 Å². The number of hydrogen-bond donors (Lipinski definition) is 0. The van der Waals surface area contributed by atoms with E-state index in [1.54, 1.807) is 29.2 Å². The Hall–Kier alpha value is -2.29. The van der Waals surface area contributed by atoms with Crippen molar-refractivity contribution in [3.05, 3.63) is 64.9 Å². The molecule has 1 aliphatic rings. The summed E-state index contributed by atoms with van der Waals surface area (Å²) < 4.78 is 39.8. The molecule has 29 heavy (non-hydrogen) atoms. The van der Waals surface area contributed by atoms with Crippen molar-refractivity contribution in [3.63, 3.8) is 0 Å². The molecule has 3 rings (SSSR count). The summed E-state index contributed by atoms with van der Waals surface area (Å²) in [6.45, 7) is 0.691. The van der Waals surface area contributed by atoms with Crippen molar-refractivity contribution in [2.75, 3.05) is 26.2 Å². The predicted octanol–water partition coefficient (Wildman–Crippen LogP) is 2.98. The van der Waals surface area contributed by atoms with Crippen LogP contribution in [0.5, 0.6) is 0 Å². The largest absolute Gasteiger partial charge is 0.340 e. The predicted molar refractivity (Wildman–Crippen MR) is 107 cm³/mol. The molecule has 0 spiro atoms. The maximum atomic E-state index is 13.4. The molecular weight excluding hydrogens is 419 g/mol. The second-order valence-electron chi connectivity index (χ2n) is 6.67. The molecule has 0 unspecified atom stereocenters. The van der Waals surface area contributed by atoms with Crippen LogP contribution in [0.1, 0.15) is 23.2 Å². The lowest BCUT2D eigenvalue weighted by molar-refractivity contribution is -0.132. The monoisotopic (exact) mass is 438 g/mol. The van der Waals surface area contributed by atoms with Gasteiger partial charge in [-0.05, 0) is 42.5 Å². The molecule has 6 nitrogen and oxygen atoms in total. The van der Waals surface area contributed by atoms with E-state index >= 15 is 0 Å². The second-order valence-corrected chi connectivity index (χ2v) is 9.05. The fraction of sp³-hybridized carbons (Fsp3) is 0.300. The molecular formula is C20H20ClFN2O4S. The third kappa shape index (κ3) is 5.20. The minimum atomic E-state index is -3.81. The molecule has 0 saturated carbocycles. The van der Waals surface area contributed by atoms with Gasteiger partial charge in [-0.2, -0.15) is 4.31 Å². The lowest BCUT2D eigenvalue weighted by Gasteiger charge is -2.34. The summed E-state index contributed by atoms with van der Waals surface area (Å²) in [5.41, 5.74) is 0.494. The van der Waals surface area contributed by atoms with Crippen LogP contribution in [-0.4, -0.2) is 55.5 Å². The molecule has 2 aromatic rings. The van der Waals surface area contributed by atoms with E-state index in [1.807, 2.05) is 0 Å². The van der Waals surface area contributed by atoms with Crippen molar-refractivity contribution in [1.29, 1.82) is 0 Å². The van der Waals surface area contributed by atoms with Gasteiger partial charge in [0.15, 0.2) is 5.78 Å². The summed E-state index contributed by atoms with van der Waals surface area (Å²) in [4.78, 5) is 26.0. The molecule has 9 heteroatoms. The van der Waals surface area contributed by atoms with Crippen molar-refractivity contribution in [3.8, 4) is 0 Å². The molecule has 1 aliphatic heterocycles. The van der Waals surface area contributed by atoms with Crippen LogP contribution in [0.25, 0.3) is 0 Å². The summed E-state index contributed by atoms with van der Waals surface area (Å²) in [6, 6.07) is 11.3. The fourth-order valence-corrected chi connectivity index (χ4v) is 4.69. The van der Waals surface area contributed by atoms with Crippen LogP contribution < -0.4 is 0 Å². The van der Waals surface area contributed by atoms with Crippen LogP contribution in [0.3, 0.4) is 0 Å². The van der Waals surface area contributed by atoms with Crippen molar-refractivity contribution >= 4 is 33.3 Å². The Bertz CT molecular complexity index is 1000. The number of benzene rings is 2. The number of nitrogens with zero attached hydrogens (tertiary/aromatic N) is 2. The quantitative estimate of drug-likeness (QED) is 0.650. The van der Waals surface area contributed by atoms with Gasteiger partial charge in [-0.15, -0.1) is 0 Å². The van der Waals surface area contributed by atoms with Crippen molar-refractivity contribution in [2.45, 2.75) is 17.7 Å². The Morgan fingerprint density at radius 3 is 2.24 bits per heavy atom. The van der Waals surface area contributed by atoms with Gasteiger partial charge in [-0.25, -0.2) is 12.8 Å². The van der Waals surface area contributed by atoms with Crippen LogP contribution >= 0.6 is 11.6 Å². The van der Waals surface area contributed by atoms with E-state index in [0.717, 1.165) is 6.07 Å². The molecule has 154 valence electrons. The van der Waals surface area contributed by atoms with E-state index in [-0.39, 0.29) is 55.6 Å². The number of hydrogen-bond acceptors (Lipinski definition) is 4. The molecule has 1 fully saturated rings. The minimum Gasteiger partial charge on any atom is -0.340 e. The van der Waals surface area contributed by atoms with Gasteiger partial charge < -0.3 is 4.90 Å². The molecule has 0 N–H and O–H groups in total. The fourth-order valence-electron chi connectivity index (χ4n) is 3.11. The van der Waals surface area contributed by atoms with E-state index in [4.69, 9.17) is 11.6 Å². The Morgan fingerprint density at radius 1 is 0.966 bits per heavy atom. The number of rotatable bonds is 6. The lowest BCUT2D eigenvalue weighted by atomic mass is 10.1. The van der Waals surface area contributed by atoms with Gasteiger partial charge in [-0.3, -0.25) is 9.59 Å². The number of carbonyl (C=O) groups is 2. The molecule has 1 amide bonds. The second kappa shape index (κ2) is 9.02. The van der Waals surface area contributed by atoms with E-state index in [0.29, 0.717) is 10.6 Å². The highest BCUT2D eigenvalue weighted by Gasteiger charge is 2.30. The smallest absolute Gasteiger partial charge is 0.243 e. The van der Waals surface area contributed by atoms with Crippen LogP contribution in [0.4, 0.5) is 4.39 Å². The molecule has 2 aromatic carbocycles. The first-order chi connectivity index (χ1) is 13.8.